The van der Waals surface area contributed by atoms with Crippen LogP contribution in [0.25, 0.3) is 0 Å². The molecule has 8 heteroatoms. The van der Waals surface area contributed by atoms with E-state index in [0.29, 0.717) is 43.4 Å². The molecule has 27 heavy (non-hydrogen) atoms. The number of carbonyl (C=O) groups is 2. The highest BCUT2D eigenvalue weighted by molar-refractivity contribution is 7.99. The Morgan fingerprint density at radius 2 is 1.93 bits per heavy atom. The van der Waals surface area contributed by atoms with Gasteiger partial charge in [0.05, 0.1) is 6.26 Å². The minimum Gasteiger partial charge on any atom is -0.473 e. The summed E-state index contributed by atoms with van der Waals surface area (Å²) in [6, 6.07) is 6.77. The monoisotopic (exact) mass is 387 g/mol. The van der Waals surface area contributed by atoms with Gasteiger partial charge in [0.15, 0.2) is 5.76 Å². The van der Waals surface area contributed by atoms with Crippen LogP contribution in [0.1, 0.15) is 27.3 Å². The number of hydrogen-bond acceptors (Lipinski definition) is 6. The third-order valence-corrected chi connectivity index (χ3v) is 5.88. The van der Waals surface area contributed by atoms with Gasteiger partial charge in [0, 0.05) is 49.8 Å². The molecule has 7 nitrogen and oxygen atoms in total. The van der Waals surface area contributed by atoms with E-state index >= 15 is 0 Å². The van der Waals surface area contributed by atoms with Crippen molar-refractivity contribution < 1.29 is 18.7 Å². The zero-order valence-electron chi connectivity index (χ0n) is 14.9. The summed E-state index contributed by atoms with van der Waals surface area (Å²) in [6.07, 6.45) is 4.28. The van der Waals surface area contributed by atoms with E-state index < -0.39 is 0 Å². The molecule has 142 valence electrons. The fourth-order valence-corrected chi connectivity index (χ4v) is 4.33. The van der Waals surface area contributed by atoms with E-state index in [1.165, 1.54) is 6.26 Å². The molecule has 4 rings (SSSR count). The van der Waals surface area contributed by atoms with Crippen LogP contribution in [0.2, 0.25) is 0 Å². The minimum absolute atomic E-state index is 0.0619. The van der Waals surface area contributed by atoms with Crippen molar-refractivity contribution in [2.24, 2.45) is 0 Å². The Morgan fingerprint density at radius 1 is 1.15 bits per heavy atom. The number of piperazine rings is 1. The lowest BCUT2D eigenvalue weighted by atomic mass is 10.2. The summed E-state index contributed by atoms with van der Waals surface area (Å²) in [4.78, 5) is 32.8. The summed E-state index contributed by atoms with van der Waals surface area (Å²) in [5.41, 5.74) is 0.566. The second-order valence-corrected chi connectivity index (χ2v) is 7.70. The number of pyridine rings is 1. The Kier molecular flexibility index (Phi) is 5.33. The lowest BCUT2D eigenvalue weighted by molar-refractivity contribution is 0.0518. The van der Waals surface area contributed by atoms with E-state index in [1.54, 1.807) is 40.3 Å². The maximum Gasteiger partial charge on any atom is 0.289 e. The summed E-state index contributed by atoms with van der Waals surface area (Å²) >= 11 is 1.87. The molecular weight excluding hydrogens is 366 g/mol. The molecule has 0 spiro atoms. The van der Waals surface area contributed by atoms with Crippen LogP contribution in [0.4, 0.5) is 0 Å². The molecule has 0 aromatic carbocycles. The molecule has 2 saturated heterocycles. The van der Waals surface area contributed by atoms with Crippen molar-refractivity contribution in [3.05, 3.63) is 48.0 Å². The first-order valence-corrected chi connectivity index (χ1v) is 10.2. The van der Waals surface area contributed by atoms with Gasteiger partial charge in [0.25, 0.3) is 11.8 Å². The Bertz CT molecular complexity index is 797. The highest BCUT2D eigenvalue weighted by Gasteiger charge is 2.27. The molecule has 4 heterocycles. The first-order valence-electron chi connectivity index (χ1n) is 9.03. The van der Waals surface area contributed by atoms with E-state index in [4.69, 9.17) is 9.15 Å². The Balaban J connectivity index is 1.35. The highest BCUT2D eigenvalue weighted by atomic mass is 32.2. The zero-order valence-corrected chi connectivity index (χ0v) is 15.7. The maximum atomic E-state index is 12.8. The summed E-state index contributed by atoms with van der Waals surface area (Å²) in [6.45, 7) is 1.95. The second-order valence-electron chi connectivity index (χ2n) is 6.55. The molecule has 2 fully saturated rings. The van der Waals surface area contributed by atoms with Crippen LogP contribution in [0.3, 0.4) is 0 Å². The first kappa shape index (κ1) is 17.9. The summed E-state index contributed by atoms with van der Waals surface area (Å²) in [5.74, 6) is 2.69. The average Bonchev–Trinajstić information content (AvgIpc) is 3.41. The molecule has 0 aliphatic carbocycles. The minimum atomic E-state index is -0.138. The fourth-order valence-electron chi connectivity index (χ4n) is 3.23. The van der Waals surface area contributed by atoms with Crippen molar-refractivity contribution in [2.45, 2.75) is 12.5 Å². The molecular formula is C19H21N3O4S. The van der Waals surface area contributed by atoms with Gasteiger partial charge in [-0.15, -0.1) is 0 Å². The molecule has 2 aliphatic heterocycles. The van der Waals surface area contributed by atoms with Gasteiger partial charge in [-0.2, -0.15) is 11.8 Å². The van der Waals surface area contributed by atoms with Crippen LogP contribution < -0.4 is 4.74 Å². The Morgan fingerprint density at radius 3 is 2.59 bits per heavy atom. The molecule has 1 atom stereocenters. The number of amides is 2. The van der Waals surface area contributed by atoms with Crippen LogP contribution in [0, 0.1) is 0 Å². The lowest BCUT2D eigenvalue weighted by Crippen LogP contribution is -2.50. The van der Waals surface area contributed by atoms with Crippen molar-refractivity contribution >= 4 is 23.6 Å². The topological polar surface area (TPSA) is 75.9 Å². The average molecular weight is 387 g/mol. The number of aromatic nitrogens is 1. The summed E-state index contributed by atoms with van der Waals surface area (Å²) < 4.78 is 11.0. The molecule has 0 N–H and O–H groups in total. The molecule has 1 unspecified atom stereocenters. The van der Waals surface area contributed by atoms with Crippen LogP contribution in [0.15, 0.2) is 41.1 Å². The number of carbonyl (C=O) groups excluding carboxylic acids is 2. The van der Waals surface area contributed by atoms with Crippen molar-refractivity contribution in [1.82, 2.24) is 14.8 Å². The van der Waals surface area contributed by atoms with Gasteiger partial charge in [-0.05, 0) is 30.4 Å². The maximum absolute atomic E-state index is 12.8. The van der Waals surface area contributed by atoms with Crippen molar-refractivity contribution in [1.29, 1.82) is 0 Å². The van der Waals surface area contributed by atoms with E-state index in [9.17, 15) is 9.59 Å². The van der Waals surface area contributed by atoms with Crippen LogP contribution in [-0.2, 0) is 0 Å². The number of thioether (sulfide) groups is 1. The zero-order chi connectivity index (χ0) is 18.6. The molecule has 0 radical (unpaired) electrons. The molecule has 2 aromatic heterocycles. The Hall–Kier alpha value is -2.48. The predicted octanol–water partition coefficient (Wildman–Crippen LogP) is 2.16. The van der Waals surface area contributed by atoms with E-state index in [-0.39, 0.29) is 17.9 Å². The molecule has 2 aromatic rings. The smallest absolute Gasteiger partial charge is 0.289 e. The normalized spacial score (nSPS) is 19.9. The van der Waals surface area contributed by atoms with Gasteiger partial charge in [0.1, 0.15) is 6.10 Å². The first-order chi connectivity index (χ1) is 13.2. The fraction of sp³-hybridized carbons (Fsp3) is 0.421. The van der Waals surface area contributed by atoms with Crippen molar-refractivity contribution in [3.63, 3.8) is 0 Å². The van der Waals surface area contributed by atoms with Crippen molar-refractivity contribution in [3.8, 4) is 5.88 Å². The molecule has 2 aliphatic rings. The van der Waals surface area contributed by atoms with Crippen molar-refractivity contribution in [2.75, 3.05) is 37.7 Å². The van der Waals surface area contributed by atoms with E-state index in [1.807, 2.05) is 11.8 Å². The van der Waals surface area contributed by atoms with Gasteiger partial charge in [0.2, 0.25) is 5.88 Å². The van der Waals surface area contributed by atoms with Crippen LogP contribution in [-0.4, -0.2) is 70.4 Å². The number of furan rings is 1. The predicted molar refractivity (Wildman–Crippen MR) is 101 cm³/mol. The van der Waals surface area contributed by atoms with E-state index in [0.717, 1.165) is 17.9 Å². The molecule has 2 amide bonds. The summed E-state index contributed by atoms with van der Waals surface area (Å²) in [5, 5.41) is 0. The van der Waals surface area contributed by atoms with Crippen LogP contribution >= 0.6 is 11.8 Å². The Labute approximate surface area is 161 Å². The van der Waals surface area contributed by atoms with Gasteiger partial charge in [-0.3, -0.25) is 9.59 Å². The summed E-state index contributed by atoms with van der Waals surface area (Å²) in [7, 11) is 0. The third-order valence-electron chi connectivity index (χ3n) is 4.74. The third kappa shape index (κ3) is 4.10. The van der Waals surface area contributed by atoms with Crippen LogP contribution in [0.5, 0.6) is 5.88 Å². The number of hydrogen-bond donors (Lipinski definition) is 0. The largest absolute Gasteiger partial charge is 0.473 e. The van der Waals surface area contributed by atoms with Gasteiger partial charge < -0.3 is 19.0 Å². The number of nitrogens with zero attached hydrogens (tertiary/aromatic N) is 3. The second kappa shape index (κ2) is 8.04. The lowest BCUT2D eigenvalue weighted by Gasteiger charge is -2.34. The standard InChI is InChI=1S/C19H21N3O4S/c23-18(14-3-5-20-17(12-14)26-15-4-11-27-13-15)21-6-8-22(9-7-21)19(24)16-2-1-10-25-16/h1-3,5,10,12,15H,4,6-9,11,13H2. The number of rotatable bonds is 4. The molecule has 0 saturated carbocycles. The highest BCUT2D eigenvalue weighted by Crippen LogP contribution is 2.23. The van der Waals surface area contributed by atoms with Gasteiger partial charge in [-0.1, -0.05) is 0 Å². The SMILES string of the molecule is O=C(c1ccnc(OC2CCSC2)c1)N1CCN(C(=O)c2ccco2)CC1. The number of ether oxygens (including phenoxy) is 1. The van der Waals surface area contributed by atoms with E-state index in [2.05, 4.69) is 4.98 Å². The van der Waals surface area contributed by atoms with Gasteiger partial charge in [-0.25, -0.2) is 4.98 Å². The molecule has 0 bridgehead atoms. The van der Waals surface area contributed by atoms with Gasteiger partial charge >= 0.3 is 0 Å². The quantitative estimate of drug-likeness (QED) is 0.800.